The number of esters is 1. The molecular weight excluding hydrogens is 393 g/mol. The number of rotatable bonds is 6. The van der Waals surface area contributed by atoms with Crippen molar-refractivity contribution in [2.45, 2.75) is 26.3 Å². The Balaban J connectivity index is 2.25. The van der Waals surface area contributed by atoms with Crippen LogP contribution in [-0.2, 0) is 9.53 Å². The quantitative estimate of drug-likeness (QED) is 0.684. The van der Waals surface area contributed by atoms with Gasteiger partial charge in [-0.3, -0.25) is 9.59 Å². The van der Waals surface area contributed by atoms with Gasteiger partial charge in [0.15, 0.2) is 5.69 Å². The molecule has 0 aliphatic carbocycles. The van der Waals surface area contributed by atoms with Crippen molar-refractivity contribution in [3.8, 4) is 5.69 Å². The van der Waals surface area contributed by atoms with Gasteiger partial charge in [0.25, 0.3) is 5.91 Å². The van der Waals surface area contributed by atoms with Crippen LogP contribution in [0, 0.1) is 5.82 Å². The minimum atomic E-state index is -0.380. The Morgan fingerprint density at radius 1 is 1.32 bits per heavy atom. The van der Waals surface area contributed by atoms with E-state index in [2.05, 4.69) is 25.8 Å². The fourth-order valence-corrected chi connectivity index (χ4v) is 2.71. The third kappa shape index (κ3) is 4.66. The average molecular weight is 412 g/mol. The summed E-state index contributed by atoms with van der Waals surface area (Å²) in [4.78, 5) is 25.7. The summed E-state index contributed by atoms with van der Waals surface area (Å²) in [5, 5.41) is 4.30. The van der Waals surface area contributed by atoms with Crippen LogP contribution in [0.15, 0.2) is 34.9 Å². The topological polar surface area (TPSA) is 64.4 Å². The molecule has 8 heteroatoms. The zero-order valence-corrected chi connectivity index (χ0v) is 15.8. The lowest BCUT2D eigenvalue weighted by atomic mass is 10.2. The van der Waals surface area contributed by atoms with Crippen molar-refractivity contribution < 1.29 is 18.7 Å². The minimum Gasteiger partial charge on any atom is -0.469 e. The Bertz CT molecular complexity index is 759. The maximum absolute atomic E-state index is 13.1. The van der Waals surface area contributed by atoms with Crippen molar-refractivity contribution in [2.75, 3.05) is 13.7 Å². The van der Waals surface area contributed by atoms with E-state index in [9.17, 15) is 14.0 Å². The molecule has 1 aromatic carbocycles. The third-order valence-electron chi connectivity index (χ3n) is 3.63. The second kappa shape index (κ2) is 8.24. The van der Waals surface area contributed by atoms with Gasteiger partial charge in [0, 0.05) is 18.8 Å². The van der Waals surface area contributed by atoms with Crippen LogP contribution in [-0.4, -0.2) is 46.3 Å². The van der Waals surface area contributed by atoms with Gasteiger partial charge in [-0.05, 0) is 54.0 Å². The second-order valence-electron chi connectivity index (χ2n) is 5.67. The molecule has 6 nitrogen and oxygen atoms in total. The fourth-order valence-electron chi connectivity index (χ4n) is 2.27. The van der Waals surface area contributed by atoms with Crippen molar-refractivity contribution in [2.24, 2.45) is 0 Å². The number of hydrogen-bond donors (Lipinski definition) is 0. The Kier molecular flexibility index (Phi) is 6.30. The molecule has 25 heavy (non-hydrogen) atoms. The van der Waals surface area contributed by atoms with E-state index in [1.165, 1.54) is 23.9 Å². The molecule has 0 radical (unpaired) electrons. The normalized spacial score (nSPS) is 10.8. The van der Waals surface area contributed by atoms with Gasteiger partial charge in [-0.15, -0.1) is 0 Å². The summed E-state index contributed by atoms with van der Waals surface area (Å²) in [6, 6.07) is 5.67. The number of ether oxygens (including phenoxy) is 1. The molecule has 0 spiro atoms. The Morgan fingerprint density at radius 2 is 1.96 bits per heavy atom. The van der Waals surface area contributed by atoms with Gasteiger partial charge >= 0.3 is 5.97 Å². The van der Waals surface area contributed by atoms with Crippen molar-refractivity contribution in [3.63, 3.8) is 0 Å². The summed E-state index contributed by atoms with van der Waals surface area (Å²) in [7, 11) is 1.31. The van der Waals surface area contributed by atoms with E-state index in [0.29, 0.717) is 10.2 Å². The first-order valence-electron chi connectivity index (χ1n) is 7.72. The summed E-state index contributed by atoms with van der Waals surface area (Å²) in [5.41, 5.74) is 0.856. The Labute approximate surface area is 153 Å². The number of carbonyl (C=O) groups excluding carboxylic acids is 2. The number of methoxy groups -OCH3 is 1. The first-order valence-corrected chi connectivity index (χ1v) is 8.51. The second-order valence-corrected chi connectivity index (χ2v) is 6.52. The largest absolute Gasteiger partial charge is 0.469 e. The molecule has 1 heterocycles. The summed E-state index contributed by atoms with van der Waals surface area (Å²) < 4.78 is 19.7. The highest BCUT2D eigenvalue weighted by Crippen LogP contribution is 2.21. The number of benzene rings is 1. The summed E-state index contributed by atoms with van der Waals surface area (Å²) in [6.45, 7) is 3.96. The van der Waals surface area contributed by atoms with Crippen molar-refractivity contribution in [3.05, 3.63) is 46.4 Å². The monoisotopic (exact) mass is 411 g/mol. The van der Waals surface area contributed by atoms with Crippen molar-refractivity contribution in [1.82, 2.24) is 14.7 Å². The van der Waals surface area contributed by atoms with Crippen LogP contribution >= 0.6 is 15.9 Å². The lowest BCUT2D eigenvalue weighted by molar-refractivity contribution is -0.140. The smallest absolute Gasteiger partial charge is 0.307 e. The molecule has 1 amide bonds. The molecule has 0 fully saturated rings. The predicted molar refractivity (Wildman–Crippen MR) is 94.0 cm³/mol. The van der Waals surface area contributed by atoms with Gasteiger partial charge in [0.2, 0.25) is 0 Å². The average Bonchev–Trinajstić information content (AvgIpc) is 2.96. The lowest BCUT2D eigenvalue weighted by Gasteiger charge is -2.25. The molecule has 0 N–H and O–H groups in total. The van der Waals surface area contributed by atoms with Crippen LogP contribution in [0.3, 0.4) is 0 Å². The summed E-state index contributed by atoms with van der Waals surface area (Å²) in [5.74, 6) is -1.03. The van der Waals surface area contributed by atoms with Gasteiger partial charge in [-0.25, -0.2) is 9.07 Å². The van der Waals surface area contributed by atoms with E-state index in [4.69, 9.17) is 0 Å². The molecule has 0 aliphatic heterocycles. The van der Waals surface area contributed by atoms with Crippen LogP contribution in [0.1, 0.15) is 30.8 Å². The predicted octanol–water partition coefficient (Wildman–Crippen LogP) is 3.19. The molecule has 134 valence electrons. The number of halogens is 2. The Hall–Kier alpha value is -2.22. The van der Waals surface area contributed by atoms with E-state index >= 15 is 0 Å². The van der Waals surface area contributed by atoms with E-state index < -0.39 is 0 Å². The summed E-state index contributed by atoms with van der Waals surface area (Å²) >= 11 is 3.34. The highest BCUT2D eigenvalue weighted by Gasteiger charge is 2.24. The highest BCUT2D eigenvalue weighted by atomic mass is 79.9. The maximum atomic E-state index is 13.1. The molecule has 1 aromatic heterocycles. The van der Waals surface area contributed by atoms with Crippen LogP contribution in [0.5, 0.6) is 0 Å². The van der Waals surface area contributed by atoms with Crippen LogP contribution in [0.25, 0.3) is 5.69 Å². The van der Waals surface area contributed by atoms with Gasteiger partial charge in [-0.1, -0.05) is 0 Å². The lowest BCUT2D eigenvalue weighted by Crippen LogP contribution is -2.39. The summed E-state index contributed by atoms with van der Waals surface area (Å²) in [6.07, 6.45) is 1.75. The zero-order valence-electron chi connectivity index (χ0n) is 14.2. The standard InChI is InChI=1S/C17H19BrFN3O3/c1-11(2)21(9-8-15(23)25-3)17(24)16-14(18)10-22(20-16)13-6-4-12(19)5-7-13/h4-7,10-11H,8-9H2,1-3H3. The van der Waals surface area contributed by atoms with Gasteiger partial charge in [-0.2, -0.15) is 5.10 Å². The zero-order chi connectivity index (χ0) is 18.6. The molecule has 0 aliphatic rings. The van der Waals surface area contributed by atoms with Crippen LogP contribution < -0.4 is 0 Å². The first kappa shape index (κ1) is 19.1. The minimum absolute atomic E-state index is 0.108. The van der Waals surface area contributed by atoms with E-state index in [0.717, 1.165) is 0 Å². The maximum Gasteiger partial charge on any atom is 0.307 e. The van der Waals surface area contributed by atoms with Crippen LogP contribution in [0.2, 0.25) is 0 Å². The number of hydrogen-bond acceptors (Lipinski definition) is 4. The molecule has 2 aromatic rings. The number of carbonyl (C=O) groups is 2. The molecule has 0 unspecified atom stereocenters. The highest BCUT2D eigenvalue weighted by molar-refractivity contribution is 9.10. The van der Waals surface area contributed by atoms with Crippen LogP contribution in [0.4, 0.5) is 4.39 Å². The fraction of sp³-hybridized carbons (Fsp3) is 0.353. The van der Waals surface area contributed by atoms with E-state index in [1.54, 1.807) is 23.2 Å². The molecular formula is C17H19BrFN3O3. The number of aromatic nitrogens is 2. The van der Waals surface area contributed by atoms with E-state index in [1.807, 2.05) is 13.8 Å². The molecule has 0 saturated carbocycles. The van der Waals surface area contributed by atoms with Gasteiger partial charge < -0.3 is 9.64 Å². The number of amides is 1. The SMILES string of the molecule is COC(=O)CCN(C(=O)c1nn(-c2ccc(F)cc2)cc1Br)C(C)C. The van der Waals surface area contributed by atoms with Gasteiger partial charge in [0.1, 0.15) is 5.82 Å². The molecule has 0 bridgehead atoms. The van der Waals surface area contributed by atoms with Crippen molar-refractivity contribution >= 4 is 27.8 Å². The molecule has 0 saturated heterocycles. The van der Waals surface area contributed by atoms with Crippen molar-refractivity contribution in [1.29, 1.82) is 0 Å². The van der Waals surface area contributed by atoms with Gasteiger partial charge in [0.05, 0.1) is 23.7 Å². The molecule has 2 rings (SSSR count). The third-order valence-corrected chi connectivity index (χ3v) is 4.21. The van der Waals surface area contributed by atoms with E-state index in [-0.39, 0.29) is 42.4 Å². The first-order chi connectivity index (χ1) is 11.8. The Morgan fingerprint density at radius 3 is 2.52 bits per heavy atom. The molecule has 0 atom stereocenters. The number of nitrogens with zero attached hydrogens (tertiary/aromatic N) is 3.